The second-order valence-electron chi connectivity index (χ2n) is 19.4. The molecule has 8 bridgehead atoms. The van der Waals surface area contributed by atoms with Crippen LogP contribution in [0.15, 0.2) is 41.9 Å². The molecule has 1 N–H and O–H groups in total. The third-order valence-electron chi connectivity index (χ3n) is 13.8. The van der Waals surface area contributed by atoms with E-state index < -0.39 is 48.0 Å². The number of piperidine rings is 1. The summed E-state index contributed by atoms with van der Waals surface area (Å²) in [5.41, 5.74) is 9.63. The number of likely N-dealkylation sites (N-methyl/N-ethyl adjacent to an activating group) is 2. The number of carbonyl (C=O) groups excluding carboxylic acids is 4. The average molecular weight is 1010 g/mol. The lowest BCUT2D eigenvalue weighted by Gasteiger charge is -2.56. The quantitative estimate of drug-likeness (QED) is 0.0933. The molecular weight excluding hydrogens is 946 g/mol. The zero-order valence-electron chi connectivity index (χ0n) is 38.4. The summed E-state index contributed by atoms with van der Waals surface area (Å²) in [5, 5.41) is 5.42. The maximum Gasteiger partial charge on any atom is 0.414 e. The number of urea groups is 1. The molecule has 2 unspecified atom stereocenters. The number of hydrogen-bond acceptors (Lipinski definition) is 11. The highest BCUT2D eigenvalue weighted by molar-refractivity contribution is 14.2. The number of aromatic nitrogens is 3. The zero-order valence-corrected chi connectivity index (χ0v) is 41.4. The van der Waals surface area contributed by atoms with Gasteiger partial charge in [0.05, 0.1) is 36.2 Å². The fourth-order valence-corrected chi connectivity index (χ4v) is 14.5. The van der Waals surface area contributed by atoms with E-state index in [1.54, 1.807) is 33.0 Å². The lowest BCUT2D eigenvalue weighted by atomic mass is 9.84. The number of methoxy groups -OCH3 is 1. The summed E-state index contributed by atoms with van der Waals surface area (Å²) in [4.78, 5) is 73.8. The number of alkyl halides is 1. The molecule has 8 heterocycles. The van der Waals surface area contributed by atoms with Gasteiger partial charge in [0, 0.05) is 91.4 Å². The Bertz CT molecular complexity index is 2540. The molecule has 9 rings (SSSR count). The van der Waals surface area contributed by atoms with Crippen molar-refractivity contribution in [3.05, 3.63) is 58.2 Å². The summed E-state index contributed by atoms with van der Waals surface area (Å²) < 4.78 is 14.9. The Hall–Kier alpha value is -4.17. The number of hydrazine groups is 1. The van der Waals surface area contributed by atoms with E-state index in [1.807, 2.05) is 37.1 Å². The molecule has 4 amide bonds. The Morgan fingerprint density at radius 3 is 2.62 bits per heavy atom. The van der Waals surface area contributed by atoms with Gasteiger partial charge in [-0.1, -0.05) is 33.8 Å². The Morgan fingerprint density at radius 2 is 1.91 bits per heavy atom. The first-order valence-electron chi connectivity index (χ1n) is 22.6. The van der Waals surface area contributed by atoms with E-state index in [9.17, 15) is 14.4 Å². The maximum atomic E-state index is 15.0. The number of likely N-dealkylation sites (tertiary alicyclic amines) is 2. The molecule has 1 spiro atoms. The number of benzene rings is 1. The number of fused-ring (bicyclic) bond motifs is 8. The first kappa shape index (κ1) is 45.0. The number of ether oxygens (including phenoxy) is 2. The number of halogens is 1. The van der Waals surface area contributed by atoms with E-state index in [4.69, 9.17) is 19.4 Å². The van der Waals surface area contributed by atoms with Crippen molar-refractivity contribution in [3.63, 3.8) is 0 Å². The predicted molar refractivity (Wildman–Crippen MR) is 253 cm³/mol. The maximum absolute atomic E-state index is 15.0. The van der Waals surface area contributed by atoms with Crippen LogP contribution in [0.25, 0.3) is 33.4 Å². The summed E-state index contributed by atoms with van der Waals surface area (Å²) in [6.07, 6.45) is 4.50. The normalized spacial score (nSPS) is 25.5. The largest absolute Gasteiger partial charge is 0.464 e. The van der Waals surface area contributed by atoms with E-state index in [0.29, 0.717) is 32.4 Å². The molecule has 6 atom stereocenters. The van der Waals surface area contributed by atoms with Crippen LogP contribution in [-0.4, -0.2) is 136 Å². The lowest BCUT2D eigenvalue weighted by molar-refractivity contribution is -0.415. The molecule has 0 radical (unpaired) electrons. The summed E-state index contributed by atoms with van der Waals surface area (Å²) in [5.74, 6) is -1.05. The Labute approximate surface area is 389 Å². The number of thiazole rings is 1. The molecule has 4 aromatic rings. The van der Waals surface area contributed by atoms with Crippen molar-refractivity contribution in [1.82, 2.24) is 39.7 Å². The van der Waals surface area contributed by atoms with Gasteiger partial charge in [0.25, 0.3) is 0 Å². The number of cyclic esters (lactones) is 1. The number of pyridine rings is 1. The molecule has 3 aromatic heterocycles. The average Bonchev–Trinajstić information content (AvgIpc) is 3.68. The van der Waals surface area contributed by atoms with Gasteiger partial charge in [-0.2, -0.15) is 0 Å². The molecule has 5 aliphatic heterocycles. The van der Waals surface area contributed by atoms with Gasteiger partial charge in [0.1, 0.15) is 11.0 Å². The summed E-state index contributed by atoms with van der Waals surface area (Å²) in [6, 6.07) is 9.23. The minimum absolute atomic E-state index is 0.134. The topological polar surface area (TPSA) is 145 Å². The van der Waals surface area contributed by atoms with E-state index in [-0.39, 0.29) is 55.0 Å². The Balaban J connectivity index is 1.11. The number of piperazine rings is 1. The molecule has 342 valence electrons. The van der Waals surface area contributed by atoms with Crippen LogP contribution < -0.4 is 5.43 Å². The smallest absolute Gasteiger partial charge is 0.414 e. The number of rotatable bonds is 7. The van der Waals surface area contributed by atoms with Gasteiger partial charge in [0.2, 0.25) is 0 Å². The van der Waals surface area contributed by atoms with Gasteiger partial charge in [-0.25, -0.2) is 20.0 Å². The van der Waals surface area contributed by atoms with Gasteiger partial charge in [0.15, 0.2) is 6.04 Å². The first-order chi connectivity index (χ1) is 30.5. The minimum atomic E-state index is -1.16. The Morgan fingerprint density at radius 1 is 1.14 bits per heavy atom. The van der Waals surface area contributed by atoms with Gasteiger partial charge in [-0.15, -0.1) is 14.1 Å². The van der Waals surface area contributed by atoms with E-state index in [1.165, 1.54) is 11.3 Å². The van der Waals surface area contributed by atoms with Crippen LogP contribution >= 0.6 is 32.4 Å². The number of esters is 1. The zero-order chi connectivity index (χ0) is 45.4. The molecule has 5 aliphatic rings. The van der Waals surface area contributed by atoms with Crippen LogP contribution in [0, 0.1) is 11.3 Å². The molecule has 64 heavy (non-hydrogen) atoms. The monoisotopic (exact) mass is 1010 g/mol. The van der Waals surface area contributed by atoms with Crippen LogP contribution in [0.3, 0.4) is 0 Å². The number of hydrogen-bond donors (Lipinski definition) is 1. The van der Waals surface area contributed by atoms with Crippen molar-refractivity contribution in [3.8, 4) is 22.5 Å². The third-order valence-corrected chi connectivity index (χ3v) is 18.1. The van der Waals surface area contributed by atoms with Crippen molar-refractivity contribution in [2.75, 3.05) is 47.4 Å². The van der Waals surface area contributed by atoms with E-state index in [2.05, 4.69) is 67.0 Å². The van der Waals surface area contributed by atoms with Crippen LogP contribution in [0.1, 0.15) is 83.2 Å². The van der Waals surface area contributed by atoms with Crippen molar-refractivity contribution in [2.45, 2.75) is 114 Å². The highest BCUT2D eigenvalue weighted by atomic mass is 127. The number of aryl methyl sites for hydroxylation is 1. The van der Waals surface area contributed by atoms with Gasteiger partial charge in [-0.3, -0.25) is 19.6 Å². The molecule has 0 saturated carbocycles. The second-order valence-corrected chi connectivity index (χ2v) is 23.5. The highest BCUT2D eigenvalue weighted by Gasteiger charge is 2.71. The first-order valence-corrected chi connectivity index (χ1v) is 25.5. The summed E-state index contributed by atoms with van der Waals surface area (Å²) in [7, 11) is 5.51. The predicted octanol–water partition coefficient (Wildman–Crippen LogP) is 6.59. The number of carbonyl (C=O) groups is 4. The van der Waals surface area contributed by atoms with Crippen LogP contribution in [0.4, 0.5) is 4.79 Å². The van der Waals surface area contributed by atoms with E-state index >= 15 is 4.79 Å². The lowest BCUT2D eigenvalue weighted by Crippen LogP contribution is -2.72. The molecule has 0 aliphatic carbocycles. The summed E-state index contributed by atoms with van der Waals surface area (Å²) in [6.45, 7) is 15.2. The molecule has 3 saturated heterocycles. The summed E-state index contributed by atoms with van der Waals surface area (Å²) >= 11 is 0.332. The van der Waals surface area contributed by atoms with Gasteiger partial charge in [-0.05, 0) is 82.3 Å². The third kappa shape index (κ3) is 7.89. The molecule has 3 fully saturated rings. The fraction of sp³-hybridized carbons (Fsp3) is 0.574. The standard InChI is InChI=1S/C47H61IN9O6S/c1-10-54-37-16-15-29-19-33(37)34(41(54)32-13-11-17-49-39(32)28(4)62-9)21-46(5,6)26-63-43(59)35-14-12-18-55(51-35)44(60)47(22-38-50-36(29)25-64-38)48-57(47)42(58)40(27(2)3)53(8)45(61)56-30-20-31(56)24-52(7)23-30/h11,13,15-17,19,25,27-28,30-31,35,40,51H,10,12,14,18,20-24,26H2,1-9H3/q+1/t28-,30?,31?,35-,40-,47+/m0/s1. The van der Waals surface area contributed by atoms with Crippen LogP contribution in [0.2, 0.25) is 0 Å². The minimum Gasteiger partial charge on any atom is -0.464 e. The van der Waals surface area contributed by atoms with Gasteiger partial charge < -0.3 is 28.7 Å². The highest BCUT2D eigenvalue weighted by Crippen LogP contribution is 2.50. The number of amides is 4. The molecular formula is C47H61IN9O6S+. The van der Waals surface area contributed by atoms with Crippen molar-refractivity contribution >= 4 is 67.1 Å². The van der Waals surface area contributed by atoms with E-state index in [0.717, 1.165) is 69.2 Å². The fourth-order valence-electron chi connectivity index (χ4n) is 10.5. The van der Waals surface area contributed by atoms with Crippen LogP contribution in [0.5, 0.6) is 0 Å². The molecule has 1 aromatic carbocycles. The van der Waals surface area contributed by atoms with Crippen molar-refractivity contribution in [1.29, 1.82) is 0 Å². The number of nitrogens with one attached hydrogen (secondary N) is 1. The van der Waals surface area contributed by atoms with Gasteiger partial charge >= 0.3 is 48.4 Å². The van der Waals surface area contributed by atoms with Crippen molar-refractivity contribution < 1.29 is 31.4 Å². The number of nitrogens with zero attached hydrogens (tertiary/aromatic N) is 8. The Kier molecular flexibility index (Phi) is 12.1. The second kappa shape index (κ2) is 17.2. The molecule has 15 nitrogen and oxygen atoms in total. The van der Waals surface area contributed by atoms with Crippen molar-refractivity contribution in [2.24, 2.45) is 11.3 Å². The van der Waals surface area contributed by atoms with Crippen LogP contribution in [-0.2, 0) is 43.2 Å². The SMILES string of the molecule is CCn1c(-c2cccnc2[C@H](C)OC)c2c3cc(ccc31)-c1csc(n1)C[C@]1(I=[N+]1C(=O)[C@H](C(C)C)N(C)C(=O)N1C3CC1CN(C)C3)C(=O)N1CCC[C@H](N1)C(=O)OCC(C)(C)C2. The molecule has 17 heteroatoms.